The number of methoxy groups -OCH3 is 1. The summed E-state index contributed by atoms with van der Waals surface area (Å²) in [6, 6.07) is 0. The molecule has 112 valence electrons. The number of aryl methyl sites for hydroxylation is 1. The van der Waals surface area contributed by atoms with Crippen LogP contribution in [0, 0.1) is 5.41 Å². The minimum Gasteiger partial charge on any atom is -0.381 e. The van der Waals surface area contributed by atoms with Crippen molar-refractivity contribution in [3.8, 4) is 0 Å². The van der Waals surface area contributed by atoms with E-state index >= 15 is 0 Å². The summed E-state index contributed by atoms with van der Waals surface area (Å²) in [7, 11) is 1.89. The van der Waals surface area contributed by atoms with E-state index in [9.17, 15) is 0 Å². The summed E-state index contributed by atoms with van der Waals surface area (Å²) in [5.74, 6) is 0. The van der Waals surface area contributed by atoms with E-state index in [2.05, 4.69) is 27.6 Å². The number of likely N-dealkylation sites (tertiary alicyclic amines) is 1. The number of aromatic nitrogens is 2. The van der Waals surface area contributed by atoms with E-state index in [0.29, 0.717) is 11.5 Å². The first-order chi connectivity index (χ1) is 9.75. The third-order valence-corrected chi connectivity index (χ3v) is 5.23. The van der Waals surface area contributed by atoms with Gasteiger partial charge >= 0.3 is 0 Å². The molecule has 1 saturated carbocycles. The minimum absolute atomic E-state index is 0.417. The first-order valence-electron chi connectivity index (χ1n) is 8.01. The van der Waals surface area contributed by atoms with Gasteiger partial charge in [0.1, 0.15) is 0 Å². The van der Waals surface area contributed by atoms with Crippen molar-refractivity contribution in [2.24, 2.45) is 5.41 Å². The largest absolute Gasteiger partial charge is 0.381 e. The fraction of sp³-hybridized carbons (Fsp3) is 0.812. The zero-order chi connectivity index (χ0) is 14.0. The van der Waals surface area contributed by atoms with Crippen molar-refractivity contribution in [2.45, 2.75) is 58.2 Å². The molecule has 4 heteroatoms. The quantitative estimate of drug-likeness (QED) is 0.847. The minimum atomic E-state index is 0.417. The lowest BCUT2D eigenvalue weighted by Gasteiger charge is -2.43. The molecule has 20 heavy (non-hydrogen) atoms. The highest BCUT2D eigenvalue weighted by molar-refractivity contribution is 5.01. The fourth-order valence-corrected chi connectivity index (χ4v) is 4.22. The van der Waals surface area contributed by atoms with Gasteiger partial charge < -0.3 is 9.30 Å². The van der Waals surface area contributed by atoms with Crippen molar-refractivity contribution in [1.29, 1.82) is 0 Å². The van der Waals surface area contributed by atoms with E-state index in [1.807, 2.05) is 13.4 Å². The van der Waals surface area contributed by atoms with Gasteiger partial charge in [-0.25, -0.2) is 4.98 Å². The van der Waals surface area contributed by atoms with E-state index in [4.69, 9.17) is 4.74 Å². The standard InChI is InChI=1S/C16H27N3O/c1-3-18-10-14(17-13-18)11-19-9-5-8-16(12-19)7-4-6-15(16)20-2/h10,13,15H,3-9,11-12H2,1-2H3/t15-,16-/m1/s1. The first kappa shape index (κ1) is 14.1. The Morgan fingerprint density at radius 3 is 3.00 bits per heavy atom. The van der Waals surface area contributed by atoms with Crippen LogP contribution >= 0.6 is 0 Å². The monoisotopic (exact) mass is 277 g/mol. The smallest absolute Gasteiger partial charge is 0.0949 e. The van der Waals surface area contributed by atoms with Crippen LogP contribution in [0.25, 0.3) is 0 Å². The Balaban J connectivity index is 1.66. The molecule has 1 saturated heterocycles. The van der Waals surface area contributed by atoms with Crippen LogP contribution in [0.1, 0.15) is 44.7 Å². The van der Waals surface area contributed by atoms with Crippen molar-refractivity contribution < 1.29 is 4.74 Å². The molecule has 1 aromatic heterocycles. The van der Waals surface area contributed by atoms with Crippen molar-refractivity contribution in [3.05, 3.63) is 18.2 Å². The molecule has 0 N–H and O–H groups in total. The summed E-state index contributed by atoms with van der Waals surface area (Å²) < 4.78 is 7.93. The number of rotatable bonds is 4. The van der Waals surface area contributed by atoms with E-state index in [1.54, 1.807) is 0 Å². The SMILES string of the molecule is CCn1cnc(CN2CCC[C@]3(CCC[C@H]3OC)C2)c1. The number of imidazole rings is 1. The molecule has 0 unspecified atom stereocenters. The molecule has 0 radical (unpaired) electrons. The number of piperidine rings is 1. The predicted octanol–water partition coefficient (Wildman–Crippen LogP) is 2.68. The maximum atomic E-state index is 5.78. The van der Waals surface area contributed by atoms with E-state index in [1.165, 1.54) is 50.9 Å². The van der Waals surface area contributed by atoms with Crippen molar-refractivity contribution in [3.63, 3.8) is 0 Å². The van der Waals surface area contributed by atoms with Gasteiger partial charge in [-0.15, -0.1) is 0 Å². The van der Waals surface area contributed by atoms with Gasteiger partial charge in [0, 0.05) is 38.4 Å². The zero-order valence-corrected chi connectivity index (χ0v) is 12.8. The van der Waals surface area contributed by atoms with E-state index < -0.39 is 0 Å². The molecule has 2 aliphatic rings. The Hall–Kier alpha value is -0.870. The fourth-order valence-electron chi connectivity index (χ4n) is 4.22. The zero-order valence-electron chi connectivity index (χ0n) is 12.8. The molecule has 4 nitrogen and oxygen atoms in total. The normalized spacial score (nSPS) is 31.2. The molecular formula is C16H27N3O. The van der Waals surface area contributed by atoms with Crippen LogP contribution in [0.3, 0.4) is 0 Å². The lowest BCUT2D eigenvalue weighted by Crippen LogP contribution is -2.47. The van der Waals surface area contributed by atoms with E-state index in [0.717, 1.165) is 13.1 Å². The van der Waals surface area contributed by atoms with Gasteiger partial charge in [0.2, 0.25) is 0 Å². The lowest BCUT2D eigenvalue weighted by atomic mass is 9.76. The average Bonchev–Trinajstić information content (AvgIpc) is 3.06. The third kappa shape index (κ3) is 2.63. The number of nitrogens with zero attached hydrogens (tertiary/aromatic N) is 3. The predicted molar refractivity (Wildman–Crippen MR) is 79.5 cm³/mol. The molecule has 3 rings (SSSR count). The van der Waals surface area contributed by atoms with Crippen LogP contribution in [0.15, 0.2) is 12.5 Å². The third-order valence-electron chi connectivity index (χ3n) is 5.23. The second-order valence-corrected chi connectivity index (χ2v) is 6.49. The van der Waals surface area contributed by atoms with Crippen LogP contribution in [0.4, 0.5) is 0 Å². The summed E-state index contributed by atoms with van der Waals surface area (Å²) in [5, 5.41) is 0. The summed E-state index contributed by atoms with van der Waals surface area (Å²) in [4.78, 5) is 7.11. The molecule has 2 fully saturated rings. The molecule has 0 amide bonds. The van der Waals surface area contributed by atoms with E-state index in [-0.39, 0.29) is 0 Å². The molecule has 1 aliphatic carbocycles. The van der Waals surface area contributed by atoms with Gasteiger partial charge in [-0.1, -0.05) is 6.42 Å². The van der Waals surface area contributed by atoms with Gasteiger partial charge in [-0.3, -0.25) is 4.90 Å². The molecule has 1 aromatic rings. The van der Waals surface area contributed by atoms with Gasteiger partial charge in [0.25, 0.3) is 0 Å². The maximum absolute atomic E-state index is 5.78. The van der Waals surface area contributed by atoms with Gasteiger partial charge in [-0.2, -0.15) is 0 Å². The second-order valence-electron chi connectivity index (χ2n) is 6.49. The van der Waals surface area contributed by atoms with Crippen molar-refractivity contribution in [2.75, 3.05) is 20.2 Å². The number of ether oxygens (including phenoxy) is 1. The summed E-state index contributed by atoms with van der Waals surface area (Å²) in [5.41, 5.74) is 1.62. The Labute approximate surface area is 122 Å². The van der Waals surface area contributed by atoms with Gasteiger partial charge in [0.05, 0.1) is 18.1 Å². The van der Waals surface area contributed by atoms with Crippen LogP contribution < -0.4 is 0 Å². The molecular weight excluding hydrogens is 250 g/mol. The molecule has 1 aliphatic heterocycles. The Bertz CT molecular complexity index is 445. The topological polar surface area (TPSA) is 30.3 Å². The van der Waals surface area contributed by atoms with Crippen LogP contribution in [0.5, 0.6) is 0 Å². The highest BCUT2D eigenvalue weighted by Gasteiger charge is 2.45. The highest BCUT2D eigenvalue weighted by atomic mass is 16.5. The van der Waals surface area contributed by atoms with Crippen LogP contribution in [0.2, 0.25) is 0 Å². The summed E-state index contributed by atoms with van der Waals surface area (Å²) in [6.07, 6.45) is 11.2. The van der Waals surface area contributed by atoms with Gasteiger partial charge in [-0.05, 0) is 39.2 Å². The van der Waals surface area contributed by atoms with Crippen molar-refractivity contribution in [1.82, 2.24) is 14.5 Å². The second kappa shape index (κ2) is 5.86. The molecule has 2 heterocycles. The highest BCUT2D eigenvalue weighted by Crippen LogP contribution is 2.46. The number of hydrogen-bond acceptors (Lipinski definition) is 3. The molecule has 2 atom stereocenters. The Kier molecular flexibility index (Phi) is 4.13. The lowest BCUT2D eigenvalue weighted by molar-refractivity contribution is -0.0368. The van der Waals surface area contributed by atoms with Crippen LogP contribution in [-0.2, 0) is 17.8 Å². The Morgan fingerprint density at radius 1 is 1.40 bits per heavy atom. The Morgan fingerprint density at radius 2 is 2.25 bits per heavy atom. The first-order valence-corrected chi connectivity index (χ1v) is 8.01. The molecule has 0 aromatic carbocycles. The molecule has 1 spiro atoms. The molecule has 0 bridgehead atoms. The number of hydrogen-bond donors (Lipinski definition) is 0. The average molecular weight is 277 g/mol. The summed E-state index contributed by atoms with van der Waals surface area (Å²) >= 11 is 0. The summed E-state index contributed by atoms with van der Waals surface area (Å²) in [6.45, 7) is 6.54. The van der Waals surface area contributed by atoms with Gasteiger partial charge in [0.15, 0.2) is 0 Å². The van der Waals surface area contributed by atoms with Crippen LogP contribution in [-0.4, -0.2) is 40.8 Å². The maximum Gasteiger partial charge on any atom is 0.0949 e. The van der Waals surface area contributed by atoms with Crippen molar-refractivity contribution >= 4 is 0 Å².